The van der Waals surface area contributed by atoms with Crippen LogP contribution in [0.25, 0.3) is 10.1 Å². The summed E-state index contributed by atoms with van der Waals surface area (Å²) >= 11 is 1.48. The average molecular weight is 376 g/mol. The van der Waals surface area contributed by atoms with Crippen LogP contribution < -0.4 is 4.72 Å². The molecule has 3 rings (SSSR count). The number of hydrogen-bond acceptors (Lipinski definition) is 4. The first-order chi connectivity index (χ1) is 11.8. The lowest BCUT2D eigenvalue weighted by Crippen LogP contribution is -2.38. The fourth-order valence-corrected chi connectivity index (χ4v) is 4.98. The lowest BCUT2D eigenvalue weighted by Gasteiger charge is -2.22. The first kappa shape index (κ1) is 18.1. The molecule has 2 aromatic carbocycles. The Bertz CT molecular complexity index is 958. The van der Waals surface area contributed by atoms with Crippen LogP contribution in [0.1, 0.15) is 22.9 Å². The van der Waals surface area contributed by atoms with Crippen molar-refractivity contribution in [1.82, 2.24) is 4.72 Å². The summed E-state index contributed by atoms with van der Waals surface area (Å²) in [6.07, 6.45) is 0. The second kappa shape index (κ2) is 6.88. The van der Waals surface area contributed by atoms with Crippen LogP contribution >= 0.6 is 11.3 Å². The van der Waals surface area contributed by atoms with Gasteiger partial charge in [0.05, 0.1) is 5.75 Å². The third-order valence-electron chi connectivity index (χ3n) is 4.03. The van der Waals surface area contributed by atoms with Gasteiger partial charge in [-0.05, 0) is 36.9 Å². The van der Waals surface area contributed by atoms with Crippen LogP contribution in [0.5, 0.6) is 0 Å². The second-order valence-corrected chi connectivity index (χ2v) is 9.38. The van der Waals surface area contributed by atoms with E-state index in [1.165, 1.54) is 11.3 Å². The van der Waals surface area contributed by atoms with Gasteiger partial charge in [0, 0.05) is 16.1 Å². The van der Waals surface area contributed by atoms with Gasteiger partial charge >= 0.3 is 0 Å². The van der Waals surface area contributed by atoms with Gasteiger partial charge in [0.25, 0.3) is 0 Å². The largest absolute Gasteiger partial charge is 0.383 e. The number of aryl methyl sites for hydroxylation is 1. The third kappa shape index (κ3) is 4.46. The predicted octanol–water partition coefficient (Wildman–Crippen LogP) is 3.54. The van der Waals surface area contributed by atoms with E-state index in [2.05, 4.69) is 4.72 Å². The number of thiophene rings is 1. The molecule has 0 unspecified atom stereocenters. The van der Waals surface area contributed by atoms with Crippen molar-refractivity contribution in [3.63, 3.8) is 0 Å². The van der Waals surface area contributed by atoms with E-state index >= 15 is 0 Å². The third-order valence-corrected chi connectivity index (χ3v) is 6.70. The molecular weight excluding hydrogens is 354 g/mol. The number of hydrogen-bond donors (Lipinski definition) is 2. The van der Waals surface area contributed by atoms with Crippen molar-refractivity contribution in [2.45, 2.75) is 25.2 Å². The maximum absolute atomic E-state index is 12.3. The van der Waals surface area contributed by atoms with Gasteiger partial charge in [-0.1, -0.05) is 48.0 Å². The van der Waals surface area contributed by atoms with Crippen LogP contribution in [0.15, 0.2) is 54.6 Å². The number of aliphatic hydroxyl groups is 1. The summed E-state index contributed by atoms with van der Waals surface area (Å²) in [6.45, 7) is 3.50. The number of benzene rings is 2. The van der Waals surface area contributed by atoms with Crippen molar-refractivity contribution in [3.05, 3.63) is 70.6 Å². The summed E-state index contributed by atoms with van der Waals surface area (Å²) in [4.78, 5) is 0.743. The van der Waals surface area contributed by atoms with E-state index in [4.69, 9.17) is 0 Å². The Balaban J connectivity index is 1.72. The van der Waals surface area contributed by atoms with Gasteiger partial charge in [0.2, 0.25) is 10.0 Å². The Hall–Kier alpha value is -1.73. The molecule has 0 saturated carbocycles. The number of sulfonamides is 1. The minimum atomic E-state index is -3.53. The van der Waals surface area contributed by atoms with Gasteiger partial charge in [-0.15, -0.1) is 11.3 Å². The van der Waals surface area contributed by atoms with Crippen LogP contribution in [-0.4, -0.2) is 20.1 Å². The summed E-state index contributed by atoms with van der Waals surface area (Å²) in [5.74, 6) is -0.100. The molecule has 0 bridgehead atoms. The molecule has 0 aliphatic heterocycles. The summed E-state index contributed by atoms with van der Waals surface area (Å²) in [5.41, 5.74) is 0.488. The van der Waals surface area contributed by atoms with Crippen LogP contribution in [0, 0.1) is 6.92 Å². The van der Waals surface area contributed by atoms with Crippen molar-refractivity contribution in [1.29, 1.82) is 0 Å². The van der Waals surface area contributed by atoms with E-state index in [9.17, 15) is 13.5 Å². The van der Waals surface area contributed by atoms with Crippen molar-refractivity contribution in [3.8, 4) is 0 Å². The molecule has 6 heteroatoms. The highest BCUT2D eigenvalue weighted by molar-refractivity contribution is 7.88. The van der Waals surface area contributed by atoms with Crippen molar-refractivity contribution in [2.24, 2.45) is 0 Å². The van der Waals surface area contributed by atoms with Crippen LogP contribution in [-0.2, 0) is 21.4 Å². The minimum Gasteiger partial charge on any atom is -0.383 e. The van der Waals surface area contributed by atoms with Gasteiger partial charge in [0.15, 0.2) is 0 Å². The molecule has 0 amide bonds. The van der Waals surface area contributed by atoms with Gasteiger partial charge < -0.3 is 5.11 Å². The summed E-state index contributed by atoms with van der Waals surface area (Å²) in [5, 5.41) is 11.8. The number of fused-ring (bicyclic) bond motifs is 1. The zero-order valence-corrected chi connectivity index (χ0v) is 15.8. The van der Waals surface area contributed by atoms with Crippen LogP contribution in [0.4, 0.5) is 0 Å². The van der Waals surface area contributed by atoms with Gasteiger partial charge in [0.1, 0.15) is 5.60 Å². The molecule has 0 aliphatic rings. The highest BCUT2D eigenvalue weighted by Crippen LogP contribution is 2.32. The standard InChI is InChI=1S/C19H21NO3S2/c1-14-6-5-7-15(10-14)12-25(22,23)20-13-19(2,21)18-11-16-8-3-4-9-17(16)24-18/h3-11,20-21H,12-13H2,1-2H3/t19-/m1/s1. The maximum atomic E-state index is 12.3. The first-order valence-corrected chi connectivity index (χ1v) is 10.5. The SMILES string of the molecule is Cc1cccc(CS(=O)(=O)NC[C@@](C)(O)c2cc3ccccc3s2)c1. The molecule has 3 aromatic rings. The molecule has 0 spiro atoms. The molecule has 0 saturated heterocycles. The molecule has 0 fully saturated rings. The molecule has 1 heterocycles. The van der Waals surface area contributed by atoms with E-state index in [0.29, 0.717) is 0 Å². The normalized spacial score (nSPS) is 14.5. The first-order valence-electron chi connectivity index (χ1n) is 7.99. The summed E-state index contributed by atoms with van der Waals surface area (Å²) in [6, 6.07) is 17.2. The smallest absolute Gasteiger partial charge is 0.215 e. The Morgan fingerprint density at radius 1 is 1.12 bits per heavy atom. The summed E-state index contributed by atoms with van der Waals surface area (Å²) < 4.78 is 28.3. The predicted molar refractivity (Wildman–Crippen MR) is 103 cm³/mol. The highest BCUT2D eigenvalue weighted by Gasteiger charge is 2.27. The zero-order valence-electron chi connectivity index (χ0n) is 14.2. The Morgan fingerprint density at radius 3 is 2.60 bits per heavy atom. The van der Waals surface area contributed by atoms with Crippen molar-refractivity contribution < 1.29 is 13.5 Å². The molecule has 132 valence electrons. The lowest BCUT2D eigenvalue weighted by atomic mass is 10.1. The van der Waals surface area contributed by atoms with Crippen LogP contribution in [0.2, 0.25) is 0 Å². The quantitative estimate of drug-likeness (QED) is 0.693. The molecule has 1 atom stereocenters. The Labute approximate surface area is 152 Å². The number of nitrogens with one attached hydrogen (secondary N) is 1. The Kier molecular flexibility index (Phi) is 4.97. The average Bonchev–Trinajstić information content (AvgIpc) is 2.98. The number of rotatable bonds is 6. The molecule has 1 aromatic heterocycles. The van der Waals surface area contributed by atoms with Gasteiger partial charge in [-0.25, -0.2) is 13.1 Å². The van der Waals surface area contributed by atoms with E-state index in [1.54, 1.807) is 13.0 Å². The molecule has 25 heavy (non-hydrogen) atoms. The maximum Gasteiger partial charge on any atom is 0.215 e. The second-order valence-electron chi connectivity index (χ2n) is 6.49. The monoisotopic (exact) mass is 375 g/mol. The van der Waals surface area contributed by atoms with E-state index in [1.807, 2.05) is 55.5 Å². The molecule has 2 N–H and O–H groups in total. The van der Waals surface area contributed by atoms with Gasteiger partial charge in [-0.3, -0.25) is 0 Å². The van der Waals surface area contributed by atoms with Crippen molar-refractivity contribution in [2.75, 3.05) is 6.54 Å². The fourth-order valence-electron chi connectivity index (χ4n) is 2.66. The minimum absolute atomic E-state index is 0.0615. The molecule has 4 nitrogen and oxygen atoms in total. The highest BCUT2D eigenvalue weighted by atomic mass is 32.2. The zero-order chi connectivity index (χ0) is 18.1. The van der Waals surface area contributed by atoms with E-state index < -0.39 is 15.6 Å². The van der Waals surface area contributed by atoms with Gasteiger partial charge in [-0.2, -0.15) is 0 Å². The molecular formula is C19H21NO3S2. The van der Waals surface area contributed by atoms with Crippen molar-refractivity contribution >= 4 is 31.4 Å². The van der Waals surface area contributed by atoms with Crippen LogP contribution in [0.3, 0.4) is 0 Å². The summed E-state index contributed by atoms with van der Waals surface area (Å²) in [7, 11) is -3.53. The lowest BCUT2D eigenvalue weighted by molar-refractivity contribution is 0.0666. The topological polar surface area (TPSA) is 66.4 Å². The molecule has 0 aliphatic carbocycles. The molecule has 0 radical (unpaired) electrons. The van der Waals surface area contributed by atoms with E-state index in [0.717, 1.165) is 26.1 Å². The Morgan fingerprint density at radius 2 is 1.88 bits per heavy atom. The van der Waals surface area contributed by atoms with E-state index in [-0.39, 0.29) is 12.3 Å². The fraction of sp³-hybridized carbons (Fsp3) is 0.263.